The summed E-state index contributed by atoms with van der Waals surface area (Å²) in [7, 11) is 0. The normalized spacial score (nSPS) is 11.0. The summed E-state index contributed by atoms with van der Waals surface area (Å²) < 4.78 is 36.7. The van der Waals surface area contributed by atoms with E-state index in [9.17, 15) is 13.6 Å². The molecule has 2 N–H and O–H groups in total. The van der Waals surface area contributed by atoms with Crippen LogP contribution in [0.1, 0.15) is 18.1 Å². The largest absolute Gasteiger partial charge is 0.461 e. The molecule has 1 aromatic carbocycles. The molecule has 30 heavy (non-hydrogen) atoms. The molecule has 3 heterocycles. The van der Waals surface area contributed by atoms with Crippen LogP contribution in [0.25, 0.3) is 11.6 Å². The zero-order valence-electron chi connectivity index (χ0n) is 15.3. The first-order valence-electron chi connectivity index (χ1n) is 8.71. The Kier molecular flexibility index (Phi) is 5.84. The van der Waals surface area contributed by atoms with Gasteiger partial charge >= 0.3 is 0 Å². The van der Waals surface area contributed by atoms with Crippen LogP contribution in [-0.2, 0) is 17.0 Å². The van der Waals surface area contributed by atoms with Crippen molar-refractivity contribution in [1.29, 1.82) is 0 Å². The molecule has 154 valence electrons. The SMILES string of the molecule is O=C(CCc1nc(CSc2n[nH]c(-c3ccco3)n2)no1)Nc1cc(F)cc(F)c1. The van der Waals surface area contributed by atoms with Crippen LogP contribution >= 0.6 is 11.8 Å². The predicted molar refractivity (Wildman–Crippen MR) is 101 cm³/mol. The van der Waals surface area contributed by atoms with Crippen LogP contribution in [0.15, 0.2) is 50.7 Å². The van der Waals surface area contributed by atoms with E-state index in [1.54, 1.807) is 18.4 Å². The second-order valence-corrected chi connectivity index (χ2v) is 6.99. The Hall–Kier alpha value is -3.54. The van der Waals surface area contributed by atoms with E-state index in [0.717, 1.165) is 18.2 Å². The van der Waals surface area contributed by atoms with Crippen molar-refractivity contribution in [2.24, 2.45) is 0 Å². The van der Waals surface area contributed by atoms with Crippen LogP contribution in [-0.4, -0.2) is 31.2 Å². The van der Waals surface area contributed by atoms with Gasteiger partial charge in [-0.2, -0.15) is 9.97 Å². The van der Waals surface area contributed by atoms with Gasteiger partial charge in [-0.1, -0.05) is 16.9 Å². The van der Waals surface area contributed by atoms with Gasteiger partial charge in [-0.05, 0) is 24.3 Å². The van der Waals surface area contributed by atoms with Crippen LogP contribution in [0.5, 0.6) is 0 Å². The molecule has 4 rings (SSSR count). The van der Waals surface area contributed by atoms with Gasteiger partial charge in [0.2, 0.25) is 17.0 Å². The highest BCUT2D eigenvalue weighted by Gasteiger charge is 2.13. The lowest BCUT2D eigenvalue weighted by atomic mass is 10.2. The minimum Gasteiger partial charge on any atom is -0.461 e. The summed E-state index contributed by atoms with van der Waals surface area (Å²) in [5.41, 5.74) is 0.0422. The number of aromatic amines is 1. The molecule has 0 aliphatic carbocycles. The topological polar surface area (TPSA) is 123 Å². The highest BCUT2D eigenvalue weighted by atomic mass is 32.2. The number of amides is 1. The molecule has 0 spiro atoms. The van der Waals surface area contributed by atoms with Gasteiger partial charge in [-0.15, -0.1) is 5.10 Å². The quantitative estimate of drug-likeness (QED) is 0.405. The van der Waals surface area contributed by atoms with E-state index in [4.69, 9.17) is 8.94 Å². The zero-order chi connectivity index (χ0) is 20.9. The molecular formula is C18H14F2N6O3S. The molecule has 0 saturated carbocycles. The number of carbonyl (C=O) groups is 1. The van der Waals surface area contributed by atoms with E-state index in [2.05, 4.69) is 30.6 Å². The average molecular weight is 432 g/mol. The molecule has 4 aromatic rings. The van der Waals surface area contributed by atoms with E-state index in [1.807, 2.05) is 0 Å². The number of thioether (sulfide) groups is 1. The van der Waals surface area contributed by atoms with Gasteiger partial charge in [0.15, 0.2) is 17.4 Å². The molecule has 0 saturated heterocycles. The van der Waals surface area contributed by atoms with Gasteiger partial charge in [0, 0.05) is 24.6 Å². The van der Waals surface area contributed by atoms with Crippen LogP contribution in [0.4, 0.5) is 14.5 Å². The van der Waals surface area contributed by atoms with Crippen LogP contribution in [0, 0.1) is 11.6 Å². The maximum Gasteiger partial charge on any atom is 0.227 e. The summed E-state index contributed by atoms with van der Waals surface area (Å²) in [6.45, 7) is 0. The van der Waals surface area contributed by atoms with Gasteiger partial charge in [0.05, 0.1) is 12.0 Å². The Morgan fingerprint density at radius 2 is 2.03 bits per heavy atom. The highest BCUT2D eigenvalue weighted by Crippen LogP contribution is 2.22. The molecular weight excluding hydrogens is 418 g/mol. The van der Waals surface area contributed by atoms with Gasteiger partial charge in [0.25, 0.3) is 0 Å². The molecule has 0 bridgehead atoms. The van der Waals surface area contributed by atoms with Crippen LogP contribution < -0.4 is 5.32 Å². The Balaban J connectivity index is 1.25. The van der Waals surface area contributed by atoms with Gasteiger partial charge < -0.3 is 14.3 Å². The van der Waals surface area contributed by atoms with Crippen molar-refractivity contribution in [2.75, 3.05) is 5.32 Å². The molecule has 0 fully saturated rings. The number of halogens is 2. The zero-order valence-corrected chi connectivity index (χ0v) is 16.1. The first kappa shape index (κ1) is 19.8. The van der Waals surface area contributed by atoms with Gasteiger partial charge in [0.1, 0.15) is 11.6 Å². The number of nitrogens with one attached hydrogen (secondary N) is 2. The number of anilines is 1. The number of hydrogen-bond donors (Lipinski definition) is 2. The maximum atomic E-state index is 13.2. The summed E-state index contributed by atoms with van der Waals surface area (Å²) >= 11 is 1.30. The van der Waals surface area contributed by atoms with Gasteiger partial charge in [-0.3, -0.25) is 9.89 Å². The molecule has 0 radical (unpaired) electrons. The lowest BCUT2D eigenvalue weighted by Crippen LogP contribution is -2.12. The van der Waals surface area contributed by atoms with E-state index in [1.165, 1.54) is 11.8 Å². The van der Waals surface area contributed by atoms with Crippen molar-refractivity contribution < 1.29 is 22.5 Å². The summed E-state index contributed by atoms with van der Waals surface area (Å²) in [5.74, 6) is 0.188. The fourth-order valence-corrected chi connectivity index (χ4v) is 3.13. The Morgan fingerprint density at radius 1 is 1.20 bits per heavy atom. The fraction of sp³-hybridized carbons (Fsp3) is 0.167. The number of H-pyrrole nitrogens is 1. The summed E-state index contributed by atoms with van der Waals surface area (Å²) in [6, 6.07) is 6.31. The molecule has 0 aliphatic rings. The van der Waals surface area contributed by atoms with E-state index >= 15 is 0 Å². The van der Waals surface area contributed by atoms with E-state index in [-0.39, 0.29) is 24.4 Å². The Morgan fingerprint density at radius 3 is 2.80 bits per heavy atom. The molecule has 0 aliphatic heterocycles. The fourth-order valence-electron chi connectivity index (χ4n) is 2.48. The number of hydrogen-bond acceptors (Lipinski definition) is 8. The Bertz CT molecular complexity index is 1120. The molecule has 12 heteroatoms. The minimum absolute atomic E-state index is 0.0142. The average Bonchev–Trinajstić information content (AvgIpc) is 3.45. The minimum atomic E-state index is -0.771. The maximum absolute atomic E-state index is 13.2. The highest BCUT2D eigenvalue weighted by molar-refractivity contribution is 7.98. The van der Waals surface area contributed by atoms with Crippen LogP contribution in [0.2, 0.25) is 0 Å². The van der Waals surface area contributed by atoms with Crippen molar-refractivity contribution in [2.45, 2.75) is 23.8 Å². The number of aromatic nitrogens is 5. The number of aryl methyl sites for hydroxylation is 1. The number of carbonyl (C=O) groups excluding carboxylic acids is 1. The van der Waals surface area contributed by atoms with E-state index < -0.39 is 17.5 Å². The number of nitrogens with zero attached hydrogens (tertiary/aromatic N) is 4. The predicted octanol–water partition coefficient (Wildman–Crippen LogP) is 3.59. The van der Waals surface area contributed by atoms with Gasteiger partial charge in [-0.25, -0.2) is 8.78 Å². The molecule has 1 amide bonds. The molecule has 0 unspecified atom stereocenters. The summed E-state index contributed by atoms with van der Waals surface area (Å²) in [6.07, 6.45) is 1.74. The molecule has 0 atom stereocenters. The number of benzene rings is 1. The standard InChI is InChI=1S/C18H14F2N6O3S/c19-10-6-11(20)8-12(7-10)21-15(27)3-4-16-22-14(26-29-16)9-30-18-23-17(24-25-18)13-2-1-5-28-13/h1-2,5-8H,3-4,9H2,(H,21,27)(H,23,24,25). The van der Waals surface area contributed by atoms with Crippen molar-refractivity contribution in [3.63, 3.8) is 0 Å². The van der Waals surface area contributed by atoms with Crippen LogP contribution in [0.3, 0.4) is 0 Å². The second kappa shape index (κ2) is 8.86. The third-order valence-electron chi connectivity index (χ3n) is 3.77. The third kappa shape index (κ3) is 5.08. The molecule has 9 nitrogen and oxygen atoms in total. The Labute approximate surface area is 172 Å². The lowest BCUT2D eigenvalue weighted by Gasteiger charge is -2.04. The lowest BCUT2D eigenvalue weighted by molar-refractivity contribution is -0.116. The third-order valence-corrected chi connectivity index (χ3v) is 4.62. The first-order chi connectivity index (χ1) is 14.5. The van der Waals surface area contributed by atoms with Crippen molar-refractivity contribution in [1.82, 2.24) is 25.3 Å². The van der Waals surface area contributed by atoms with Crippen molar-refractivity contribution in [3.05, 3.63) is 59.9 Å². The summed E-state index contributed by atoms with van der Waals surface area (Å²) in [4.78, 5) is 20.5. The summed E-state index contributed by atoms with van der Waals surface area (Å²) in [5, 5.41) is 13.6. The monoisotopic (exact) mass is 432 g/mol. The van der Waals surface area contributed by atoms with Crippen molar-refractivity contribution >= 4 is 23.4 Å². The van der Waals surface area contributed by atoms with E-state index in [0.29, 0.717) is 28.3 Å². The first-order valence-corrected chi connectivity index (χ1v) is 9.70. The molecule has 3 aromatic heterocycles. The number of rotatable bonds is 8. The van der Waals surface area contributed by atoms with Crippen molar-refractivity contribution in [3.8, 4) is 11.6 Å². The smallest absolute Gasteiger partial charge is 0.227 e. The second-order valence-electron chi connectivity index (χ2n) is 6.04. The number of furan rings is 1.